The summed E-state index contributed by atoms with van der Waals surface area (Å²) in [6.07, 6.45) is -1.31. The topological polar surface area (TPSA) is 91.0 Å². The average Bonchev–Trinajstić information content (AvgIpc) is 3.48. The number of thioether (sulfide) groups is 1. The molecule has 0 saturated heterocycles. The number of pyridine rings is 1. The lowest BCUT2D eigenvalue weighted by atomic mass is 10.1. The maximum atomic E-state index is 13.3. The van der Waals surface area contributed by atoms with E-state index in [-0.39, 0.29) is 4.83 Å². The number of alkyl halides is 3. The van der Waals surface area contributed by atoms with Gasteiger partial charge in [0.2, 0.25) is 0 Å². The van der Waals surface area contributed by atoms with Crippen LogP contribution >= 0.6 is 23.1 Å². The number of hydrogen-bond acceptors (Lipinski definition) is 9. The van der Waals surface area contributed by atoms with E-state index in [1.807, 2.05) is 30.3 Å². The molecule has 0 spiro atoms. The Morgan fingerprint density at radius 2 is 1.86 bits per heavy atom. The van der Waals surface area contributed by atoms with Crippen molar-refractivity contribution in [1.29, 1.82) is 0 Å². The fourth-order valence-corrected chi connectivity index (χ4v) is 5.78. The van der Waals surface area contributed by atoms with Crippen molar-refractivity contribution in [3.05, 3.63) is 66.0 Å². The van der Waals surface area contributed by atoms with Crippen molar-refractivity contribution < 1.29 is 17.9 Å². The summed E-state index contributed by atoms with van der Waals surface area (Å²) in [6.45, 7) is 1.63. The molecule has 1 aromatic carbocycles. The lowest BCUT2D eigenvalue weighted by molar-refractivity contribution is -0.141. The van der Waals surface area contributed by atoms with E-state index in [4.69, 9.17) is 4.74 Å². The average molecular weight is 540 g/mol. The van der Waals surface area contributed by atoms with E-state index in [0.29, 0.717) is 43.5 Å². The first kappa shape index (κ1) is 23.6. The SMILES string of the molecule is COc1ccc(-c2ccnc(SCc3nc4c5sc6nc(C(F)(F)F)cc(C)c6c5ncn4n3)n2)cc1. The molecule has 0 unspecified atom stereocenters. The van der Waals surface area contributed by atoms with E-state index in [1.165, 1.54) is 22.6 Å². The number of benzene rings is 1. The van der Waals surface area contributed by atoms with Crippen LogP contribution in [0.3, 0.4) is 0 Å². The lowest BCUT2D eigenvalue weighted by Crippen LogP contribution is -2.07. The molecule has 8 nitrogen and oxygen atoms in total. The Labute approximate surface area is 215 Å². The highest BCUT2D eigenvalue weighted by atomic mass is 32.2. The monoisotopic (exact) mass is 539 g/mol. The summed E-state index contributed by atoms with van der Waals surface area (Å²) in [5.74, 6) is 1.69. The third-order valence-corrected chi connectivity index (χ3v) is 7.57. The highest BCUT2D eigenvalue weighted by Gasteiger charge is 2.33. The van der Waals surface area contributed by atoms with Crippen LogP contribution in [-0.4, -0.2) is 41.6 Å². The number of fused-ring (bicyclic) bond motifs is 5. The molecule has 37 heavy (non-hydrogen) atoms. The zero-order valence-corrected chi connectivity index (χ0v) is 20.9. The Balaban J connectivity index is 1.30. The normalized spacial score (nSPS) is 12.1. The molecule has 0 aliphatic carbocycles. The van der Waals surface area contributed by atoms with Crippen LogP contribution in [0.15, 0.2) is 54.1 Å². The molecular weight excluding hydrogens is 523 g/mol. The van der Waals surface area contributed by atoms with Crippen LogP contribution in [0.2, 0.25) is 0 Å². The van der Waals surface area contributed by atoms with Gasteiger partial charge in [-0.2, -0.15) is 13.2 Å². The Kier molecular flexibility index (Phi) is 5.68. The number of rotatable bonds is 5. The van der Waals surface area contributed by atoms with Crippen molar-refractivity contribution in [1.82, 2.24) is 34.5 Å². The zero-order chi connectivity index (χ0) is 25.7. The maximum absolute atomic E-state index is 13.3. The van der Waals surface area contributed by atoms with Crippen LogP contribution in [0.5, 0.6) is 5.75 Å². The van der Waals surface area contributed by atoms with E-state index in [9.17, 15) is 13.2 Å². The van der Waals surface area contributed by atoms with Gasteiger partial charge in [-0.25, -0.2) is 29.4 Å². The summed E-state index contributed by atoms with van der Waals surface area (Å²) in [5, 5.41) is 5.65. The standard InChI is InChI=1S/C24H16F3N7OS2/c1-12-9-16(24(25,26)27)31-22-18(12)19-20(37-22)21-32-17(33-34(21)11-29-19)10-36-23-28-8-7-15(30-23)13-3-5-14(35-2)6-4-13/h3-9,11H,10H2,1-2H3. The lowest BCUT2D eigenvalue weighted by Gasteiger charge is -2.06. The second-order valence-electron chi connectivity index (χ2n) is 8.06. The molecule has 5 heterocycles. The molecule has 6 aromatic rings. The predicted molar refractivity (Wildman–Crippen MR) is 135 cm³/mol. The van der Waals surface area contributed by atoms with Gasteiger partial charge in [-0.05, 0) is 48.9 Å². The van der Waals surface area contributed by atoms with E-state index in [2.05, 4.69) is 30.0 Å². The minimum Gasteiger partial charge on any atom is -0.497 e. The van der Waals surface area contributed by atoms with Crippen LogP contribution in [0.1, 0.15) is 17.1 Å². The van der Waals surface area contributed by atoms with E-state index < -0.39 is 11.9 Å². The number of aromatic nitrogens is 7. The minimum atomic E-state index is -4.52. The minimum absolute atomic E-state index is 0.269. The second kappa shape index (κ2) is 8.92. The van der Waals surface area contributed by atoms with Crippen LogP contribution in [0.4, 0.5) is 13.2 Å². The molecule has 0 aliphatic heterocycles. The Bertz CT molecular complexity index is 1780. The van der Waals surface area contributed by atoms with Gasteiger partial charge in [-0.1, -0.05) is 11.8 Å². The van der Waals surface area contributed by atoms with E-state index in [1.54, 1.807) is 20.2 Å². The Morgan fingerprint density at radius 3 is 2.62 bits per heavy atom. The smallest absolute Gasteiger partial charge is 0.433 e. The molecule has 6 rings (SSSR count). The highest BCUT2D eigenvalue weighted by Crippen LogP contribution is 2.38. The van der Waals surface area contributed by atoms with E-state index >= 15 is 0 Å². The van der Waals surface area contributed by atoms with Crippen molar-refractivity contribution in [2.75, 3.05) is 7.11 Å². The highest BCUT2D eigenvalue weighted by molar-refractivity contribution is 7.98. The second-order valence-corrected chi connectivity index (χ2v) is 10.0. The Hall–Kier alpha value is -3.84. The summed E-state index contributed by atoms with van der Waals surface area (Å²) >= 11 is 2.51. The molecular formula is C24H16F3N7OS2. The van der Waals surface area contributed by atoms with Crippen LogP contribution in [-0.2, 0) is 11.9 Å². The van der Waals surface area contributed by atoms with Gasteiger partial charge in [-0.3, -0.25) is 0 Å². The molecule has 0 amide bonds. The number of ether oxygens (including phenoxy) is 1. The number of thiophene rings is 1. The summed E-state index contributed by atoms with van der Waals surface area (Å²) in [5.41, 5.74) is 2.34. The molecule has 0 saturated carbocycles. The molecule has 0 bridgehead atoms. The van der Waals surface area contributed by atoms with Gasteiger partial charge in [0, 0.05) is 17.1 Å². The van der Waals surface area contributed by atoms with E-state index in [0.717, 1.165) is 34.4 Å². The first-order valence-corrected chi connectivity index (χ1v) is 12.7. The van der Waals surface area contributed by atoms with Crippen molar-refractivity contribution in [2.24, 2.45) is 0 Å². The van der Waals surface area contributed by atoms with Gasteiger partial charge in [0.05, 0.1) is 24.1 Å². The van der Waals surface area contributed by atoms with Crippen molar-refractivity contribution in [2.45, 2.75) is 24.0 Å². The largest absolute Gasteiger partial charge is 0.497 e. The quantitative estimate of drug-likeness (QED) is 0.195. The molecule has 0 fully saturated rings. The molecule has 0 N–H and O–H groups in total. The van der Waals surface area contributed by atoms with Gasteiger partial charge >= 0.3 is 6.18 Å². The van der Waals surface area contributed by atoms with Crippen LogP contribution in [0, 0.1) is 6.92 Å². The number of halogens is 3. The van der Waals surface area contributed by atoms with Gasteiger partial charge in [0.25, 0.3) is 0 Å². The summed E-state index contributed by atoms with van der Waals surface area (Å²) in [6, 6.07) is 10.5. The molecule has 0 atom stereocenters. The number of aryl methyl sites for hydroxylation is 1. The Morgan fingerprint density at radius 1 is 1.05 bits per heavy atom. The summed E-state index contributed by atoms with van der Waals surface area (Å²) in [7, 11) is 1.62. The number of methoxy groups -OCH3 is 1. The molecule has 13 heteroatoms. The fourth-order valence-electron chi connectivity index (χ4n) is 3.92. The van der Waals surface area contributed by atoms with Crippen LogP contribution in [0.25, 0.3) is 37.3 Å². The maximum Gasteiger partial charge on any atom is 0.433 e. The van der Waals surface area contributed by atoms with Gasteiger partial charge in [-0.15, -0.1) is 16.4 Å². The first-order chi connectivity index (χ1) is 17.8. The van der Waals surface area contributed by atoms with Crippen LogP contribution < -0.4 is 4.74 Å². The number of nitrogens with zero attached hydrogens (tertiary/aromatic N) is 7. The van der Waals surface area contributed by atoms with Crippen molar-refractivity contribution in [3.8, 4) is 17.0 Å². The summed E-state index contributed by atoms with van der Waals surface area (Å²) in [4.78, 5) is 22.2. The predicted octanol–water partition coefficient (Wildman–Crippen LogP) is 5.97. The molecule has 0 aliphatic rings. The third-order valence-electron chi connectivity index (χ3n) is 5.65. The third kappa shape index (κ3) is 4.33. The molecule has 0 radical (unpaired) electrons. The van der Waals surface area contributed by atoms with Gasteiger partial charge < -0.3 is 4.74 Å². The molecule has 5 aromatic heterocycles. The van der Waals surface area contributed by atoms with Crippen molar-refractivity contribution >= 4 is 49.2 Å². The van der Waals surface area contributed by atoms with Gasteiger partial charge in [0.15, 0.2) is 16.6 Å². The fraction of sp³-hybridized carbons (Fsp3) is 0.167. The zero-order valence-electron chi connectivity index (χ0n) is 19.3. The van der Waals surface area contributed by atoms with Crippen molar-refractivity contribution in [3.63, 3.8) is 0 Å². The van der Waals surface area contributed by atoms with Gasteiger partial charge in [0.1, 0.15) is 27.3 Å². The first-order valence-electron chi connectivity index (χ1n) is 10.9. The summed E-state index contributed by atoms with van der Waals surface area (Å²) < 4.78 is 47.2. The molecule has 186 valence electrons. The number of hydrogen-bond donors (Lipinski definition) is 0.